The Kier molecular flexibility index (Phi) is 5.21. The predicted octanol–water partition coefficient (Wildman–Crippen LogP) is 0.106. The lowest BCUT2D eigenvalue weighted by Crippen LogP contribution is -2.22. The molecule has 0 heterocycles. The molecule has 0 aromatic rings. The molecule has 0 unspecified atom stereocenters. The minimum absolute atomic E-state index is 0.0467. The Morgan fingerprint density at radius 3 is 2.62 bits per heavy atom. The van der Waals surface area contributed by atoms with E-state index >= 15 is 0 Å². The van der Waals surface area contributed by atoms with E-state index < -0.39 is 15.8 Å². The fourth-order valence-corrected chi connectivity index (χ4v) is 2.59. The number of esters is 1. The molecular formula is C10H19NO4S. The molecule has 0 spiro atoms. The van der Waals surface area contributed by atoms with E-state index in [0.29, 0.717) is 12.5 Å². The topological polar surface area (TPSA) is 72.5 Å². The molecule has 1 aliphatic rings. The van der Waals surface area contributed by atoms with Gasteiger partial charge in [-0.3, -0.25) is 4.79 Å². The van der Waals surface area contributed by atoms with Crippen LogP contribution in [0, 0.1) is 0 Å². The normalized spacial score (nSPS) is 16.1. The van der Waals surface area contributed by atoms with Crippen molar-refractivity contribution in [1.82, 2.24) is 5.32 Å². The van der Waals surface area contributed by atoms with Gasteiger partial charge < -0.3 is 10.1 Å². The van der Waals surface area contributed by atoms with Crippen molar-refractivity contribution in [2.75, 3.05) is 25.2 Å². The van der Waals surface area contributed by atoms with Gasteiger partial charge in [0, 0.05) is 6.04 Å². The van der Waals surface area contributed by atoms with Gasteiger partial charge in [-0.1, -0.05) is 0 Å². The minimum atomic E-state index is -3.11. The lowest BCUT2D eigenvalue weighted by molar-refractivity contribution is -0.140. The third-order valence-corrected chi connectivity index (χ3v) is 4.22. The summed E-state index contributed by atoms with van der Waals surface area (Å²) in [6.45, 7) is 0.738. The standard InChI is InChI=1S/C10H19NO4S/c1-15-10(12)5-8-16(13,14)7-2-6-11-9-3-4-9/h9,11H,2-8H2,1H3. The molecule has 0 bridgehead atoms. The summed E-state index contributed by atoms with van der Waals surface area (Å²) in [7, 11) is -1.85. The fraction of sp³-hybridized carbons (Fsp3) is 0.900. The van der Waals surface area contributed by atoms with Gasteiger partial charge in [0.2, 0.25) is 0 Å². The Labute approximate surface area is 96.5 Å². The van der Waals surface area contributed by atoms with Crippen molar-refractivity contribution in [2.45, 2.75) is 31.7 Å². The van der Waals surface area contributed by atoms with Gasteiger partial charge >= 0.3 is 5.97 Å². The molecule has 0 amide bonds. The Balaban J connectivity index is 2.09. The van der Waals surface area contributed by atoms with Crippen LogP contribution in [-0.2, 0) is 19.4 Å². The molecule has 1 aliphatic carbocycles. The van der Waals surface area contributed by atoms with E-state index in [4.69, 9.17) is 0 Å². The summed E-state index contributed by atoms with van der Waals surface area (Å²) < 4.78 is 27.3. The summed E-state index contributed by atoms with van der Waals surface area (Å²) in [5.74, 6) is -0.438. The number of sulfone groups is 1. The molecule has 0 aromatic carbocycles. The molecule has 1 fully saturated rings. The van der Waals surface area contributed by atoms with Crippen molar-refractivity contribution in [1.29, 1.82) is 0 Å². The SMILES string of the molecule is COC(=O)CCS(=O)(=O)CCCNC1CC1. The van der Waals surface area contributed by atoms with Gasteiger partial charge in [0.05, 0.1) is 25.0 Å². The highest BCUT2D eigenvalue weighted by atomic mass is 32.2. The van der Waals surface area contributed by atoms with Crippen molar-refractivity contribution in [3.8, 4) is 0 Å². The van der Waals surface area contributed by atoms with Crippen LogP contribution in [0.5, 0.6) is 0 Å². The number of methoxy groups -OCH3 is 1. The van der Waals surface area contributed by atoms with Crippen LogP contribution in [0.2, 0.25) is 0 Å². The number of carbonyl (C=O) groups is 1. The number of ether oxygens (including phenoxy) is 1. The first-order chi connectivity index (χ1) is 7.53. The Morgan fingerprint density at radius 2 is 2.06 bits per heavy atom. The summed E-state index contributed by atoms with van der Waals surface area (Å²) in [6, 6.07) is 0.609. The molecule has 1 rings (SSSR count). The van der Waals surface area contributed by atoms with Crippen LogP contribution in [0.1, 0.15) is 25.7 Å². The average Bonchev–Trinajstić information content (AvgIpc) is 3.05. The lowest BCUT2D eigenvalue weighted by Gasteiger charge is -2.04. The van der Waals surface area contributed by atoms with Gasteiger partial charge in [0.25, 0.3) is 0 Å². The highest BCUT2D eigenvalue weighted by Crippen LogP contribution is 2.18. The van der Waals surface area contributed by atoms with E-state index in [0.717, 1.165) is 6.54 Å². The fourth-order valence-electron chi connectivity index (χ4n) is 1.33. The molecule has 16 heavy (non-hydrogen) atoms. The number of carbonyl (C=O) groups excluding carboxylic acids is 1. The largest absolute Gasteiger partial charge is 0.469 e. The van der Waals surface area contributed by atoms with Crippen LogP contribution in [-0.4, -0.2) is 45.6 Å². The molecule has 1 N–H and O–H groups in total. The van der Waals surface area contributed by atoms with Gasteiger partial charge in [0.15, 0.2) is 9.84 Å². The molecule has 0 radical (unpaired) electrons. The molecule has 1 saturated carbocycles. The van der Waals surface area contributed by atoms with E-state index in [9.17, 15) is 13.2 Å². The summed E-state index contributed by atoms with van der Waals surface area (Å²) in [4.78, 5) is 10.8. The zero-order valence-electron chi connectivity index (χ0n) is 9.57. The van der Waals surface area contributed by atoms with Crippen molar-refractivity contribution >= 4 is 15.8 Å². The Morgan fingerprint density at radius 1 is 1.38 bits per heavy atom. The second-order valence-corrected chi connectivity index (χ2v) is 6.36. The van der Waals surface area contributed by atoms with Crippen LogP contribution < -0.4 is 5.32 Å². The first-order valence-electron chi connectivity index (χ1n) is 5.54. The van der Waals surface area contributed by atoms with Crippen LogP contribution in [0.4, 0.5) is 0 Å². The van der Waals surface area contributed by atoms with E-state index in [1.807, 2.05) is 0 Å². The lowest BCUT2D eigenvalue weighted by atomic mass is 10.5. The Hall–Kier alpha value is -0.620. The molecule has 0 aliphatic heterocycles. The molecule has 0 atom stereocenters. The first kappa shape index (κ1) is 13.4. The van der Waals surface area contributed by atoms with Crippen molar-refractivity contribution in [3.63, 3.8) is 0 Å². The van der Waals surface area contributed by atoms with Crippen LogP contribution in [0.25, 0.3) is 0 Å². The van der Waals surface area contributed by atoms with Gasteiger partial charge in [0.1, 0.15) is 0 Å². The first-order valence-corrected chi connectivity index (χ1v) is 7.36. The van der Waals surface area contributed by atoms with Crippen LogP contribution in [0.3, 0.4) is 0 Å². The highest BCUT2D eigenvalue weighted by Gasteiger charge is 2.20. The number of hydrogen-bond donors (Lipinski definition) is 1. The van der Waals surface area contributed by atoms with Crippen LogP contribution in [0.15, 0.2) is 0 Å². The highest BCUT2D eigenvalue weighted by molar-refractivity contribution is 7.91. The molecule has 0 aromatic heterocycles. The zero-order chi connectivity index (χ0) is 12.0. The second kappa shape index (κ2) is 6.20. The third-order valence-electron chi connectivity index (χ3n) is 2.49. The second-order valence-electron chi connectivity index (χ2n) is 4.06. The number of rotatable bonds is 8. The third kappa shape index (κ3) is 6.07. The number of hydrogen-bond acceptors (Lipinski definition) is 5. The van der Waals surface area contributed by atoms with Crippen molar-refractivity contribution < 1.29 is 17.9 Å². The number of nitrogens with one attached hydrogen (secondary N) is 1. The summed E-state index contributed by atoms with van der Waals surface area (Å²) in [6.07, 6.45) is 2.97. The molecular weight excluding hydrogens is 230 g/mol. The molecule has 94 valence electrons. The average molecular weight is 249 g/mol. The van der Waals surface area contributed by atoms with Gasteiger partial charge in [-0.2, -0.15) is 0 Å². The molecule has 5 nitrogen and oxygen atoms in total. The summed E-state index contributed by atoms with van der Waals surface area (Å²) >= 11 is 0. The van der Waals surface area contributed by atoms with E-state index in [1.165, 1.54) is 20.0 Å². The molecule has 6 heteroatoms. The zero-order valence-corrected chi connectivity index (χ0v) is 10.4. The van der Waals surface area contributed by atoms with E-state index in [1.54, 1.807) is 0 Å². The maximum atomic E-state index is 11.5. The summed E-state index contributed by atoms with van der Waals surface area (Å²) in [5, 5.41) is 3.25. The maximum Gasteiger partial charge on any atom is 0.306 e. The maximum absolute atomic E-state index is 11.5. The monoisotopic (exact) mass is 249 g/mol. The summed E-state index contributed by atoms with van der Waals surface area (Å²) in [5.41, 5.74) is 0. The molecule has 0 saturated heterocycles. The predicted molar refractivity (Wildman–Crippen MR) is 60.9 cm³/mol. The Bertz CT molecular complexity index is 322. The van der Waals surface area contributed by atoms with Crippen molar-refractivity contribution in [2.24, 2.45) is 0 Å². The van der Waals surface area contributed by atoms with Gasteiger partial charge in [-0.25, -0.2) is 8.42 Å². The van der Waals surface area contributed by atoms with Gasteiger partial charge in [-0.15, -0.1) is 0 Å². The quantitative estimate of drug-likeness (QED) is 0.488. The van der Waals surface area contributed by atoms with E-state index in [-0.39, 0.29) is 17.9 Å². The smallest absolute Gasteiger partial charge is 0.306 e. The minimum Gasteiger partial charge on any atom is -0.469 e. The van der Waals surface area contributed by atoms with Crippen LogP contribution >= 0.6 is 0 Å². The van der Waals surface area contributed by atoms with Gasteiger partial charge in [-0.05, 0) is 25.8 Å². The van der Waals surface area contributed by atoms with E-state index in [2.05, 4.69) is 10.1 Å². The van der Waals surface area contributed by atoms with Crippen molar-refractivity contribution in [3.05, 3.63) is 0 Å².